The molecule has 6 nitrogen and oxygen atoms in total. The number of carbonyl (C=O) groups is 3. The van der Waals surface area contributed by atoms with E-state index in [0.717, 1.165) is 0 Å². The molecule has 0 amide bonds. The van der Waals surface area contributed by atoms with Gasteiger partial charge in [-0.2, -0.15) is 0 Å². The number of rotatable bonds is 1. The van der Waals surface area contributed by atoms with Crippen molar-refractivity contribution in [3.05, 3.63) is 11.5 Å². The molecule has 0 spiro atoms. The van der Waals surface area contributed by atoms with Gasteiger partial charge in [-0.25, -0.2) is 4.79 Å². The summed E-state index contributed by atoms with van der Waals surface area (Å²) in [6.07, 6.45) is 0. The molecule has 1 heterocycles. The predicted octanol–water partition coefficient (Wildman–Crippen LogP) is -1.56. The fourth-order valence-corrected chi connectivity index (χ4v) is 0.641. The van der Waals surface area contributed by atoms with Crippen molar-refractivity contribution in [1.29, 1.82) is 0 Å². The first-order valence-corrected chi connectivity index (χ1v) is 2.91. The molecule has 0 unspecified atom stereocenters. The molecule has 0 fully saturated rings. The molecule has 0 bridgehead atoms. The molecule has 1 rings (SSSR count). The Labute approximate surface area is 66.1 Å². The van der Waals surface area contributed by atoms with Crippen LogP contribution in [0.15, 0.2) is 11.5 Å². The second-order valence-corrected chi connectivity index (χ2v) is 1.98. The van der Waals surface area contributed by atoms with Crippen molar-refractivity contribution >= 4 is 17.5 Å². The number of hydrogen-bond donors (Lipinski definition) is 2. The third-order valence-electron chi connectivity index (χ3n) is 1.23. The van der Waals surface area contributed by atoms with Gasteiger partial charge < -0.3 is 14.9 Å². The summed E-state index contributed by atoms with van der Waals surface area (Å²) in [5.74, 6) is -5.78. The average molecular weight is 172 g/mol. The molecular weight excluding hydrogens is 168 g/mol. The molecule has 64 valence electrons. The molecule has 0 aromatic heterocycles. The maximum absolute atomic E-state index is 10.6. The van der Waals surface area contributed by atoms with Crippen molar-refractivity contribution in [1.82, 2.24) is 0 Å². The van der Waals surface area contributed by atoms with Gasteiger partial charge in [-0.3, -0.25) is 9.59 Å². The minimum atomic E-state index is -1.44. The van der Waals surface area contributed by atoms with Crippen LogP contribution in [0.25, 0.3) is 0 Å². The van der Waals surface area contributed by atoms with E-state index in [9.17, 15) is 14.4 Å². The molecule has 0 atom stereocenters. The zero-order chi connectivity index (χ0) is 9.30. The van der Waals surface area contributed by atoms with Crippen LogP contribution in [0.1, 0.15) is 0 Å². The molecule has 0 aromatic rings. The smallest absolute Gasteiger partial charge is 0.388 e. The number of allylic oxidation sites excluding steroid dienone is 1. The van der Waals surface area contributed by atoms with Crippen molar-refractivity contribution in [2.24, 2.45) is 0 Å². The fourth-order valence-electron chi connectivity index (χ4n) is 0.641. The Hall–Kier alpha value is -1.69. The van der Waals surface area contributed by atoms with Crippen LogP contribution in [-0.4, -0.2) is 34.4 Å². The molecular formula is C6H4O6. The van der Waals surface area contributed by atoms with Crippen molar-refractivity contribution in [2.75, 3.05) is 6.61 Å². The molecule has 0 radical (unpaired) electrons. The van der Waals surface area contributed by atoms with Crippen LogP contribution in [-0.2, 0) is 19.1 Å². The molecule has 0 saturated carbocycles. The zero-order valence-corrected chi connectivity index (χ0v) is 5.73. The standard InChI is InChI=1S/C6H4O6/c7-1-2-3(8)4(9)5(10)6(11)12-2/h7-8H,1H2. The zero-order valence-electron chi connectivity index (χ0n) is 5.73. The highest BCUT2D eigenvalue weighted by atomic mass is 16.6. The molecule has 0 saturated heterocycles. The minimum absolute atomic E-state index is 0.593. The quantitative estimate of drug-likeness (QED) is 0.366. The maximum Gasteiger partial charge on any atom is 0.388 e. The summed E-state index contributed by atoms with van der Waals surface area (Å²) in [6.45, 7) is -0.809. The molecule has 2 N–H and O–H groups in total. The van der Waals surface area contributed by atoms with Crippen LogP contribution in [0.2, 0.25) is 0 Å². The van der Waals surface area contributed by atoms with Crippen LogP contribution >= 0.6 is 0 Å². The molecule has 12 heavy (non-hydrogen) atoms. The lowest BCUT2D eigenvalue weighted by atomic mass is 10.1. The normalized spacial score (nSPS) is 18.2. The van der Waals surface area contributed by atoms with Gasteiger partial charge in [0.15, 0.2) is 5.76 Å². The first-order valence-electron chi connectivity index (χ1n) is 2.91. The topological polar surface area (TPSA) is 101 Å². The summed E-state index contributed by atoms with van der Waals surface area (Å²) in [6, 6.07) is 0. The maximum atomic E-state index is 10.6. The Balaban J connectivity index is 3.12. The van der Waals surface area contributed by atoms with E-state index in [1.54, 1.807) is 0 Å². The predicted molar refractivity (Wildman–Crippen MR) is 32.8 cm³/mol. The number of aliphatic hydroxyl groups excluding tert-OH is 2. The fraction of sp³-hybridized carbons (Fsp3) is 0.167. The van der Waals surface area contributed by atoms with Gasteiger partial charge >= 0.3 is 11.8 Å². The number of esters is 1. The van der Waals surface area contributed by atoms with Gasteiger partial charge in [-0.1, -0.05) is 0 Å². The van der Waals surface area contributed by atoms with Crippen LogP contribution in [0.4, 0.5) is 0 Å². The van der Waals surface area contributed by atoms with E-state index < -0.39 is 35.7 Å². The SMILES string of the molecule is O=C1OC(CO)=C(O)C(=O)C1=O. The van der Waals surface area contributed by atoms with Gasteiger partial charge in [-0.05, 0) is 0 Å². The lowest BCUT2D eigenvalue weighted by Crippen LogP contribution is -2.33. The third kappa shape index (κ3) is 1.08. The van der Waals surface area contributed by atoms with Gasteiger partial charge in [0.25, 0.3) is 5.78 Å². The first kappa shape index (κ1) is 8.41. The highest BCUT2D eigenvalue weighted by Gasteiger charge is 2.36. The minimum Gasteiger partial charge on any atom is -0.502 e. The number of ketones is 2. The van der Waals surface area contributed by atoms with Gasteiger partial charge in [-0.15, -0.1) is 0 Å². The Morgan fingerprint density at radius 2 is 1.75 bits per heavy atom. The lowest BCUT2D eigenvalue weighted by molar-refractivity contribution is -0.157. The van der Waals surface area contributed by atoms with Gasteiger partial charge in [0.05, 0.1) is 0 Å². The lowest BCUT2D eigenvalue weighted by Gasteiger charge is -2.11. The van der Waals surface area contributed by atoms with Crippen molar-refractivity contribution in [3.63, 3.8) is 0 Å². The van der Waals surface area contributed by atoms with E-state index in [2.05, 4.69) is 4.74 Å². The molecule has 0 aliphatic carbocycles. The molecule has 1 aliphatic heterocycles. The van der Waals surface area contributed by atoms with Gasteiger partial charge in [0.1, 0.15) is 6.61 Å². The number of Topliss-reactive ketones (excluding diaryl/α,β-unsaturated/α-hetero) is 2. The number of ether oxygens (including phenoxy) is 1. The highest BCUT2D eigenvalue weighted by molar-refractivity contribution is 6.66. The van der Waals surface area contributed by atoms with E-state index in [4.69, 9.17) is 10.2 Å². The van der Waals surface area contributed by atoms with Crippen molar-refractivity contribution < 1.29 is 29.3 Å². The Morgan fingerprint density at radius 1 is 1.17 bits per heavy atom. The summed E-state index contributed by atoms with van der Waals surface area (Å²) in [5.41, 5.74) is 0. The Kier molecular flexibility index (Phi) is 1.92. The van der Waals surface area contributed by atoms with Crippen LogP contribution < -0.4 is 0 Å². The Morgan fingerprint density at radius 3 is 2.25 bits per heavy atom. The van der Waals surface area contributed by atoms with E-state index in [1.165, 1.54) is 0 Å². The Bertz CT molecular complexity index is 299. The largest absolute Gasteiger partial charge is 0.502 e. The monoisotopic (exact) mass is 172 g/mol. The van der Waals surface area contributed by atoms with Gasteiger partial charge in [0.2, 0.25) is 5.76 Å². The molecule has 6 heteroatoms. The first-order chi connectivity index (χ1) is 5.57. The van der Waals surface area contributed by atoms with E-state index in [1.807, 2.05) is 0 Å². The van der Waals surface area contributed by atoms with E-state index in [0.29, 0.717) is 0 Å². The molecule has 0 aromatic carbocycles. The number of aliphatic hydroxyl groups is 2. The summed E-state index contributed by atoms with van der Waals surface area (Å²) in [4.78, 5) is 31.6. The van der Waals surface area contributed by atoms with Crippen molar-refractivity contribution in [2.45, 2.75) is 0 Å². The highest BCUT2D eigenvalue weighted by Crippen LogP contribution is 2.11. The third-order valence-corrected chi connectivity index (χ3v) is 1.23. The summed E-state index contributed by atoms with van der Waals surface area (Å²) >= 11 is 0. The summed E-state index contributed by atoms with van der Waals surface area (Å²) in [5, 5.41) is 17.2. The van der Waals surface area contributed by atoms with Crippen LogP contribution in [0, 0.1) is 0 Å². The molecule has 1 aliphatic rings. The average Bonchev–Trinajstić information content (AvgIpc) is 2.08. The van der Waals surface area contributed by atoms with E-state index in [-0.39, 0.29) is 0 Å². The van der Waals surface area contributed by atoms with Crippen molar-refractivity contribution in [3.8, 4) is 0 Å². The number of cyclic esters (lactones) is 1. The second-order valence-electron chi connectivity index (χ2n) is 1.98. The summed E-state index contributed by atoms with van der Waals surface area (Å²) < 4.78 is 4.10. The van der Waals surface area contributed by atoms with Crippen LogP contribution in [0.5, 0.6) is 0 Å². The van der Waals surface area contributed by atoms with Crippen LogP contribution in [0.3, 0.4) is 0 Å². The second kappa shape index (κ2) is 2.74. The number of carbonyl (C=O) groups excluding carboxylic acids is 3. The van der Waals surface area contributed by atoms with E-state index >= 15 is 0 Å². The summed E-state index contributed by atoms with van der Waals surface area (Å²) in [7, 11) is 0. The van der Waals surface area contributed by atoms with Gasteiger partial charge in [0, 0.05) is 0 Å². The number of hydrogen-bond acceptors (Lipinski definition) is 6.